The van der Waals surface area contributed by atoms with E-state index in [0.717, 1.165) is 5.92 Å². The Hall–Kier alpha value is -0.120. The van der Waals surface area contributed by atoms with Crippen LogP contribution < -0.4 is 0 Å². The second-order valence-electron chi connectivity index (χ2n) is 3.52. The topological polar surface area (TPSA) is 49.7 Å². The van der Waals surface area contributed by atoms with Gasteiger partial charge in [-0.15, -0.1) is 0 Å². The van der Waals surface area contributed by atoms with E-state index in [1.165, 1.54) is 26.7 Å². The van der Waals surface area contributed by atoms with Crippen molar-refractivity contribution in [3.8, 4) is 0 Å². The minimum atomic E-state index is -0.875. The third-order valence-electron chi connectivity index (χ3n) is 1.26. The van der Waals surface area contributed by atoms with E-state index >= 15 is 0 Å². The molecule has 0 saturated heterocycles. The molecule has 82 valence electrons. The van der Waals surface area contributed by atoms with Gasteiger partial charge < -0.3 is 14.9 Å². The van der Waals surface area contributed by atoms with Crippen LogP contribution in [0.25, 0.3) is 0 Å². The fourth-order valence-corrected chi connectivity index (χ4v) is 0.862. The molecule has 2 unspecified atom stereocenters. The Kier molecular flexibility index (Phi) is 11.8. The predicted molar refractivity (Wildman–Crippen MR) is 54.2 cm³/mol. The van der Waals surface area contributed by atoms with Crippen LogP contribution in [0.1, 0.15) is 47.5 Å². The normalized spacial score (nSPS) is 14.8. The van der Waals surface area contributed by atoms with Crippen molar-refractivity contribution < 1.29 is 14.9 Å². The summed E-state index contributed by atoms with van der Waals surface area (Å²) < 4.78 is 4.36. The van der Waals surface area contributed by atoms with Gasteiger partial charge in [-0.3, -0.25) is 0 Å². The van der Waals surface area contributed by atoms with E-state index in [1.807, 2.05) is 0 Å². The highest BCUT2D eigenvalue weighted by molar-refractivity contribution is 4.38. The average molecular weight is 192 g/mol. The van der Waals surface area contributed by atoms with Crippen molar-refractivity contribution in [3.05, 3.63) is 0 Å². The van der Waals surface area contributed by atoms with Gasteiger partial charge in [0.15, 0.2) is 12.6 Å². The molecule has 0 rings (SSSR count). The molecule has 0 aromatic heterocycles. The third kappa shape index (κ3) is 24.5. The van der Waals surface area contributed by atoms with Crippen molar-refractivity contribution >= 4 is 0 Å². The Morgan fingerprint density at radius 2 is 1.38 bits per heavy atom. The molecule has 0 spiro atoms. The molecule has 0 aliphatic heterocycles. The molecule has 0 aromatic rings. The zero-order valence-electron chi connectivity index (χ0n) is 9.45. The van der Waals surface area contributed by atoms with Gasteiger partial charge in [-0.25, -0.2) is 0 Å². The first kappa shape index (κ1) is 15.4. The molecular formula is C10H24O3. The molecule has 0 aliphatic carbocycles. The molecule has 2 atom stereocenters. The van der Waals surface area contributed by atoms with E-state index in [-0.39, 0.29) is 0 Å². The van der Waals surface area contributed by atoms with Gasteiger partial charge in [0.25, 0.3) is 0 Å². The molecule has 0 heterocycles. The highest BCUT2D eigenvalue weighted by atomic mass is 16.7. The lowest BCUT2D eigenvalue weighted by atomic mass is 10.1. The van der Waals surface area contributed by atoms with E-state index in [2.05, 4.69) is 25.5 Å². The Balaban J connectivity index is 0. The number of aliphatic hydroxyl groups is 2. The number of hydrogen-bond acceptors (Lipinski definition) is 3. The standard InChI is InChI=1S/C6H14.C4H10O3/c1-4-5-6(2)3;1-3(5)7-4(2)6/h6H,4-5H2,1-3H3;3-6H,1-2H3. The molecule has 3 heteroatoms. The van der Waals surface area contributed by atoms with Crippen LogP contribution in [0.4, 0.5) is 0 Å². The molecule has 2 N–H and O–H groups in total. The highest BCUT2D eigenvalue weighted by Crippen LogP contribution is 2.00. The van der Waals surface area contributed by atoms with Gasteiger partial charge in [0.2, 0.25) is 0 Å². The first-order valence-electron chi connectivity index (χ1n) is 4.91. The van der Waals surface area contributed by atoms with E-state index < -0.39 is 12.6 Å². The monoisotopic (exact) mass is 192 g/mol. The zero-order valence-corrected chi connectivity index (χ0v) is 9.45. The van der Waals surface area contributed by atoms with Crippen molar-refractivity contribution in [1.82, 2.24) is 0 Å². The lowest BCUT2D eigenvalue weighted by molar-refractivity contribution is -0.190. The fraction of sp³-hybridized carbons (Fsp3) is 1.00. The Morgan fingerprint density at radius 3 is 1.38 bits per heavy atom. The summed E-state index contributed by atoms with van der Waals surface area (Å²) in [6, 6.07) is 0. The molecule has 0 radical (unpaired) electrons. The van der Waals surface area contributed by atoms with Gasteiger partial charge in [-0.2, -0.15) is 0 Å². The summed E-state index contributed by atoms with van der Waals surface area (Å²) in [5.74, 6) is 0.898. The van der Waals surface area contributed by atoms with Crippen LogP contribution >= 0.6 is 0 Å². The van der Waals surface area contributed by atoms with E-state index in [9.17, 15) is 0 Å². The molecule has 0 amide bonds. The molecular weight excluding hydrogens is 168 g/mol. The summed E-state index contributed by atoms with van der Waals surface area (Å²) in [6.07, 6.45) is 0.956. The summed E-state index contributed by atoms with van der Waals surface area (Å²) >= 11 is 0. The van der Waals surface area contributed by atoms with Crippen molar-refractivity contribution in [1.29, 1.82) is 0 Å². The maximum atomic E-state index is 8.34. The Labute approximate surface area is 81.7 Å². The number of aliphatic hydroxyl groups excluding tert-OH is 2. The molecule has 13 heavy (non-hydrogen) atoms. The summed E-state index contributed by atoms with van der Waals surface area (Å²) in [4.78, 5) is 0. The van der Waals surface area contributed by atoms with Gasteiger partial charge in [0.05, 0.1) is 0 Å². The molecule has 0 fully saturated rings. The van der Waals surface area contributed by atoms with Crippen LogP contribution in [0.15, 0.2) is 0 Å². The predicted octanol–water partition coefficient (Wildman–Crippen LogP) is 2.12. The minimum Gasteiger partial charge on any atom is -0.368 e. The van der Waals surface area contributed by atoms with Crippen LogP contribution in [0, 0.1) is 5.92 Å². The van der Waals surface area contributed by atoms with Crippen LogP contribution in [-0.4, -0.2) is 22.8 Å². The molecule has 0 saturated carbocycles. The molecule has 3 nitrogen and oxygen atoms in total. The van der Waals surface area contributed by atoms with Gasteiger partial charge in [-0.05, 0) is 19.8 Å². The third-order valence-corrected chi connectivity index (χ3v) is 1.26. The van der Waals surface area contributed by atoms with Gasteiger partial charge in [0.1, 0.15) is 0 Å². The van der Waals surface area contributed by atoms with Gasteiger partial charge in [0, 0.05) is 0 Å². The lowest BCUT2D eigenvalue weighted by Crippen LogP contribution is -2.14. The van der Waals surface area contributed by atoms with Crippen LogP contribution in [-0.2, 0) is 4.74 Å². The lowest BCUT2D eigenvalue weighted by Gasteiger charge is -2.07. The maximum absolute atomic E-state index is 8.34. The van der Waals surface area contributed by atoms with Crippen LogP contribution in [0.3, 0.4) is 0 Å². The Bertz CT molecular complexity index is 84.2. The zero-order chi connectivity index (χ0) is 10.9. The number of rotatable bonds is 4. The second kappa shape index (κ2) is 9.96. The maximum Gasteiger partial charge on any atom is 0.154 e. The van der Waals surface area contributed by atoms with Gasteiger partial charge in [-0.1, -0.05) is 33.6 Å². The van der Waals surface area contributed by atoms with Crippen molar-refractivity contribution in [3.63, 3.8) is 0 Å². The molecule has 0 aliphatic rings. The summed E-state index contributed by atoms with van der Waals surface area (Å²) in [5.41, 5.74) is 0. The van der Waals surface area contributed by atoms with Crippen molar-refractivity contribution in [2.45, 2.75) is 60.0 Å². The first-order chi connectivity index (χ1) is 5.90. The minimum absolute atomic E-state index is 0.875. The highest BCUT2D eigenvalue weighted by Gasteiger charge is 1.97. The smallest absolute Gasteiger partial charge is 0.154 e. The first-order valence-corrected chi connectivity index (χ1v) is 4.91. The SMILES string of the molecule is CC(O)OC(C)O.CCCC(C)C. The summed E-state index contributed by atoms with van der Waals surface area (Å²) in [5, 5.41) is 16.7. The number of hydrogen-bond donors (Lipinski definition) is 2. The van der Waals surface area contributed by atoms with E-state index in [0.29, 0.717) is 0 Å². The average Bonchev–Trinajstić information content (AvgIpc) is 1.83. The summed E-state index contributed by atoms with van der Waals surface area (Å²) in [7, 11) is 0. The molecule has 0 bridgehead atoms. The quantitative estimate of drug-likeness (QED) is 0.671. The second-order valence-corrected chi connectivity index (χ2v) is 3.52. The Morgan fingerprint density at radius 1 is 1.00 bits per heavy atom. The largest absolute Gasteiger partial charge is 0.368 e. The number of ether oxygens (including phenoxy) is 1. The van der Waals surface area contributed by atoms with E-state index in [4.69, 9.17) is 10.2 Å². The van der Waals surface area contributed by atoms with Gasteiger partial charge >= 0.3 is 0 Å². The summed E-state index contributed by atoms with van der Waals surface area (Å²) in [6.45, 7) is 9.60. The van der Waals surface area contributed by atoms with Crippen LogP contribution in [0.2, 0.25) is 0 Å². The van der Waals surface area contributed by atoms with Crippen molar-refractivity contribution in [2.75, 3.05) is 0 Å². The fourth-order valence-electron chi connectivity index (χ4n) is 0.862. The van der Waals surface area contributed by atoms with E-state index in [1.54, 1.807) is 0 Å². The van der Waals surface area contributed by atoms with Crippen molar-refractivity contribution in [2.24, 2.45) is 5.92 Å². The molecule has 0 aromatic carbocycles. The van der Waals surface area contributed by atoms with Crippen LogP contribution in [0.5, 0.6) is 0 Å².